The molecule has 0 aliphatic carbocycles. The lowest BCUT2D eigenvalue weighted by Crippen LogP contribution is -2.15. The Morgan fingerprint density at radius 1 is 1.19 bits per heavy atom. The SMILES string of the molecule is CN(C)c1ncn(-c2cccc(NS(=O)(=O)c3c(F)cccc3Br)c2)n1. The zero-order chi connectivity index (χ0) is 18.9. The summed E-state index contributed by atoms with van der Waals surface area (Å²) in [5.74, 6) is -0.318. The van der Waals surface area contributed by atoms with Crippen LogP contribution in [0, 0.1) is 5.82 Å². The third kappa shape index (κ3) is 3.70. The predicted octanol–water partition coefficient (Wildman–Crippen LogP) is 3.04. The zero-order valence-electron chi connectivity index (χ0n) is 13.9. The van der Waals surface area contributed by atoms with Crippen LogP contribution < -0.4 is 9.62 Å². The molecule has 7 nitrogen and oxygen atoms in total. The Morgan fingerprint density at radius 3 is 2.58 bits per heavy atom. The fourth-order valence-electron chi connectivity index (χ4n) is 2.24. The minimum Gasteiger partial charge on any atom is -0.346 e. The molecule has 10 heteroatoms. The Morgan fingerprint density at radius 2 is 1.92 bits per heavy atom. The second kappa shape index (κ2) is 7.04. The number of nitrogens with zero attached hydrogens (tertiary/aromatic N) is 4. The van der Waals surface area contributed by atoms with E-state index in [4.69, 9.17) is 0 Å². The van der Waals surface area contributed by atoms with Crippen LogP contribution in [0.4, 0.5) is 16.0 Å². The molecule has 0 radical (unpaired) electrons. The molecule has 0 spiro atoms. The molecule has 3 rings (SSSR count). The highest BCUT2D eigenvalue weighted by Crippen LogP contribution is 2.27. The van der Waals surface area contributed by atoms with E-state index in [0.29, 0.717) is 11.6 Å². The normalized spacial score (nSPS) is 11.4. The summed E-state index contributed by atoms with van der Waals surface area (Å²) < 4.78 is 43.2. The molecule has 0 amide bonds. The lowest BCUT2D eigenvalue weighted by atomic mass is 10.3. The number of nitrogens with one attached hydrogen (secondary N) is 1. The Balaban J connectivity index is 1.93. The molecule has 0 fully saturated rings. The molecule has 1 N–H and O–H groups in total. The van der Waals surface area contributed by atoms with Crippen LogP contribution in [0.2, 0.25) is 0 Å². The summed E-state index contributed by atoms with van der Waals surface area (Å²) >= 11 is 3.08. The summed E-state index contributed by atoms with van der Waals surface area (Å²) in [5, 5.41) is 4.29. The van der Waals surface area contributed by atoms with Crippen LogP contribution in [0.25, 0.3) is 5.69 Å². The first-order chi connectivity index (χ1) is 12.3. The van der Waals surface area contributed by atoms with Gasteiger partial charge in [0.05, 0.1) is 11.4 Å². The van der Waals surface area contributed by atoms with E-state index >= 15 is 0 Å². The standard InChI is InChI=1S/C16H15BrFN5O2S/c1-22(2)16-19-10-23(20-16)12-6-3-5-11(9-12)21-26(24,25)15-13(17)7-4-8-14(15)18/h3-10,21H,1-2H3. The average molecular weight is 440 g/mol. The largest absolute Gasteiger partial charge is 0.346 e. The van der Waals surface area contributed by atoms with Crippen molar-refractivity contribution < 1.29 is 12.8 Å². The third-order valence-corrected chi connectivity index (χ3v) is 5.81. The summed E-state index contributed by atoms with van der Waals surface area (Å²) in [4.78, 5) is 5.46. The summed E-state index contributed by atoms with van der Waals surface area (Å²) in [6, 6.07) is 10.6. The molecule has 2 aromatic carbocycles. The van der Waals surface area contributed by atoms with Gasteiger partial charge in [0.15, 0.2) is 0 Å². The monoisotopic (exact) mass is 439 g/mol. The highest BCUT2D eigenvalue weighted by atomic mass is 79.9. The van der Waals surface area contributed by atoms with Crippen LogP contribution in [-0.2, 0) is 10.0 Å². The van der Waals surface area contributed by atoms with Crippen molar-refractivity contribution in [3.05, 3.63) is 59.1 Å². The third-order valence-electron chi connectivity index (χ3n) is 3.43. The predicted molar refractivity (Wildman–Crippen MR) is 101 cm³/mol. The van der Waals surface area contributed by atoms with Crippen LogP contribution in [0.3, 0.4) is 0 Å². The Labute approximate surface area is 158 Å². The van der Waals surface area contributed by atoms with Gasteiger partial charge in [0.1, 0.15) is 17.0 Å². The first-order valence-electron chi connectivity index (χ1n) is 7.44. The van der Waals surface area contributed by atoms with Gasteiger partial charge in [0, 0.05) is 18.6 Å². The molecule has 0 aliphatic rings. The van der Waals surface area contributed by atoms with Gasteiger partial charge in [-0.2, -0.15) is 4.98 Å². The number of aromatic nitrogens is 3. The first-order valence-corrected chi connectivity index (χ1v) is 9.72. The molecule has 136 valence electrons. The molecular formula is C16H15BrFN5O2S. The van der Waals surface area contributed by atoms with Crippen molar-refractivity contribution in [2.75, 3.05) is 23.7 Å². The average Bonchev–Trinajstić information content (AvgIpc) is 3.04. The molecule has 0 saturated carbocycles. The van der Waals surface area contributed by atoms with Gasteiger partial charge in [-0.1, -0.05) is 12.1 Å². The first kappa shape index (κ1) is 18.3. The molecule has 0 atom stereocenters. The quantitative estimate of drug-likeness (QED) is 0.660. The highest BCUT2D eigenvalue weighted by molar-refractivity contribution is 9.10. The molecule has 0 aliphatic heterocycles. The second-order valence-electron chi connectivity index (χ2n) is 5.59. The molecule has 1 aromatic heterocycles. The number of benzene rings is 2. The molecule has 0 unspecified atom stereocenters. The van der Waals surface area contributed by atoms with Gasteiger partial charge >= 0.3 is 0 Å². The lowest BCUT2D eigenvalue weighted by Gasteiger charge is -2.11. The van der Waals surface area contributed by atoms with E-state index in [0.717, 1.165) is 6.07 Å². The van der Waals surface area contributed by atoms with E-state index in [2.05, 4.69) is 30.7 Å². The van der Waals surface area contributed by atoms with Gasteiger partial charge in [0.2, 0.25) is 5.95 Å². The zero-order valence-corrected chi connectivity index (χ0v) is 16.3. The van der Waals surface area contributed by atoms with Crippen molar-refractivity contribution in [2.24, 2.45) is 0 Å². The number of hydrogen-bond acceptors (Lipinski definition) is 5. The Bertz CT molecular complexity index is 1030. The van der Waals surface area contributed by atoms with E-state index in [9.17, 15) is 12.8 Å². The van der Waals surface area contributed by atoms with Crippen molar-refractivity contribution in [3.8, 4) is 5.69 Å². The van der Waals surface area contributed by atoms with Gasteiger partial charge in [-0.05, 0) is 46.3 Å². The molecule has 3 aromatic rings. The number of sulfonamides is 1. The minimum absolute atomic E-state index is 0.146. The second-order valence-corrected chi connectivity index (χ2v) is 8.06. The van der Waals surface area contributed by atoms with Gasteiger partial charge in [-0.25, -0.2) is 17.5 Å². The molecule has 0 bridgehead atoms. The van der Waals surface area contributed by atoms with Crippen LogP contribution in [0.15, 0.2) is 58.2 Å². The van der Waals surface area contributed by atoms with Crippen molar-refractivity contribution in [2.45, 2.75) is 4.90 Å². The maximum atomic E-state index is 14.0. The molecular weight excluding hydrogens is 425 g/mol. The van der Waals surface area contributed by atoms with E-state index in [-0.39, 0.29) is 10.2 Å². The van der Waals surface area contributed by atoms with Crippen molar-refractivity contribution in [1.29, 1.82) is 0 Å². The summed E-state index contributed by atoms with van der Waals surface area (Å²) in [5.41, 5.74) is 0.887. The van der Waals surface area contributed by atoms with E-state index in [1.807, 2.05) is 14.1 Å². The smallest absolute Gasteiger partial charge is 0.265 e. The summed E-state index contributed by atoms with van der Waals surface area (Å²) in [7, 11) is -0.475. The van der Waals surface area contributed by atoms with Crippen LogP contribution in [0.5, 0.6) is 0 Å². The van der Waals surface area contributed by atoms with Crippen LogP contribution in [0.1, 0.15) is 0 Å². The van der Waals surface area contributed by atoms with Crippen LogP contribution in [-0.4, -0.2) is 37.3 Å². The molecule has 0 saturated heterocycles. The van der Waals surface area contributed by atoms with Crippen molar-refractivity contribution >= 4 is 37.6 Å². The Kier molecular flexibility index (Phi) is 4.97. The maximum Gasteiger partial charge on any atom is 0.265 e. The van der Waals surface area contributed by atoms with Crippen LogP contribution >= 0.6 is 15.9 Å². The van der Waals surface area contributed by atoms with Crippen molar-refractivity contribution in [3.63, 3.8) is 0 Å². The molecule has 26 heavy (non-hydrogen) atoms. The number of rotatable bonds is 5. The lowest BCUT2D eigenvalue weighted by molar-refractivity contribution is 0.568. The summed E-state index contributed by atoms with van der Waals surface area (Å²) in [6.07, 6.45) is 1.52. The minimum atomic E-state index is -4.11. The van der Waals surface area contributed by atoms with Gasteiger partial charge in [-0.15, -0.1) is 5.10 Å². The fourth-order valence-corrected chi connectivity index (χ4v) is 4.41. The van der Waals surface area contributed by atoms with Crippen molar-refractivity contribution in [1.82, 2.24) is 14.8 Å². The highest BCUT2D eigenvalue weighted by Gasteiger charge is 2.22. The topological polar surface area (TPSA) is 80.1 Å². The van der Waals surface area contributed by atoms with E-state index in [1.54, 1.807) is 29.2 Å². The maximum absolute atomic E-state index is 14.0. The van der Waals surface area contributed by atoms with Gasteiger partial charge < -0.3 is 4.90 Å². The van der Waals surface area contributed by atoms with E-state index in [1.165, 1.54) is 23.1 Å². The van der Waals surface area contributed by atoms with Gasteiger partial charge in [0.25, 0.3) is 10.0 Å². The number of anilines is 2. The number of hydrogen-bond donors (Lipinski definition) is 1. The molecule has 1 heterocycles. The van der Waals surface area contributed by atoms with Gasteiger partial charge in [-0.3, -0.25) is 4.72 Å². The summed E-state index contributed by atoms with van der Waals surface area (Å²) in [6.45, 7) is 0. The fraction of sp³-hybridized carbons (Fsp3) is 0.125. The Hall–Kier alpha value is -2.46. The number of halogens is 2. The van der Waals surface area contributed by atoms with E-state index < -0.39 is 20.7 Å².